The van der Waals surface area contributed by atoms with Gasteiger partial charge in [0.05, 0.1) is 0 Å². The van der Waals surface area contributed by atoms with Crippen LogP contribution < -0.4 is 4.74 Å². The lowest BCUT2D eigenvalue weighted by Crippen LogP contribution is -2.38. The monoisotopic (exact) mass is 287 g/mol. The highest BCUT2D eigenvalue weighted by molar-refractivity contribution is 6.18. The normalized spacial score (nSPS) is 17.1. The van der Waals surface area contributed by atoms with Gasteiger partial charge in [0.25, 0.3) is 0 Å². The highest BCUT2D eigenvalue weighted by Crippen LogP contribution is 2.34. The topological polar surface area (TPSA) is 29.5 Å². The van der Waals surface area contributed by atoms with Crippen LogP contribution in [0.25, 0.3) is 0 Å². The van der Waals surface area contributed by atoms with Crippen LogP contribution in [-0.2, 0) is 4.79 Å². The average Bonchev–Trinajstić information content (AvgIpc) is 2.81. The number of nitrogens with zero attached hydrogens (tertiary/aromatic N) is 1. The number of carbonyl (C=O) groups excluding carboxylic acids is 1. The van der Waals surface area contributed by atoms with E-state index in [0.717, 1.165) is 11.3 Å². The summed E-state index contributed by atoms with van der Waals surface area (Å²) in [7, 11) is 0. The Bertz CT molecular complexity index is 419. The summed E-state index contributed by atoms with van der Waals surface area (Å²) in [5.74, 6) is 1.44. The van der Waals surface area contributed by atoms with Crippen molar-refractivity contribution in [2.75, 3.05) is 31.5 Å². The lowest BCUT2D eigenvalue weighted by Gasteiger charge is -2.23. The number of fused-ring (bicyclic) bond motifs is 1. The van der Waals surface area contributed by atoms with Gasteiger partial charge in [-0.25, -0.2) is 0 Å². The Kier molecular flexibility index (Phi) is 4.72. The molecule has 0 aliphatic carbocycles. The van der Waals surface area contributed by atoms with Crippen molar-refractivity contribution in [1.82, 2.24) is 4.90 Å². The van der Waals surface area contributed by atoms with E-state index < -0.39 is 0 Å². The maximum absolute atomic E-state index is 12.4. The van der Waals surface area contributed by atoms with Crippen molar-refractivity contribution in [3.8, 4) is 5.75 Å². The molecule has 1 heterocycles. The summed E-state index contributed by atoms with van der Waals surface area (Å²) < 4.78 is 5.53. The smallest absolute Gasteiger partial charge is 0.233 e. The van der Waals surface area contributed by atoms with Gasteiger partial charge in [-0.05, 0) is 6.07 Å². The molecule has 1 aromatic rings. The summed E-state index contributed by atoms with van der Waals surface area (Å²) >= 11 is 11.4. The molecule has 0 aromatic heterocycles. The maximum atomic E-state index is 12.4. The van der Waals surface area contributed by atoms with Crippen molar-refractivity contribution in [3.63, 3.8) is 0 Å². The SMILES string of the molecule is O=C(C1COc2ccccc21)N(CCCl)CCCl. The van der Waals surface area contributed by atoms with Crippen molar-refractivity contribution in [2.45, 2.75) is 5.92 Å². The number of hydrogen-bond donors (Lipinski definition) is 0. The Balaban J connectivity index is 2.14. The van der Waals surface area contributed by atoms with Crippen LogP contribution in [0.5, 0.6) is 5.75 Å². The molecule has 1 unspecified atom stereocenters. The number of para-hydroxylation sites is 1. The Morgan fingerprint density at radius 1 is 1.28 bits per heavy atom. The quantitative estimate of drug-likeness (QED) is 0.779. The fourth-order valence-electron chi connectivity index (χ4n) is 2.12. The first-order valence-corrected chi connectivity index (χ1v) is 6.97. The molecule has 1 aliphatic rings. The van der Waals surface area contributed by atoms with E-state index in [1.165, 1.54) is 0 Å². The van der Waals surface area contributed by atoms with E-state index in [0.29, 0.717) is 31.5 Å². The zero-order chi connectivity index (χ0) is 13.0. The molecule has 18 heavy (non-hydrogen) atoms. The van der Waals surface area contributed by atoms with Gasteiger partial charge in [0.15, 0.2) is 0 Å². The van der Waals surface area contributed by atoms with Gasteiger partial charge in [0, 0.05) is 30.4 Å². The first kappa shape index (κ1) is 13.5. The third-order valence-electron chi connectivity index (χ3n) is 3.02. The standard InChI is InChI=1S/C13H15Cl2NO2/c14-5-7-16(8-6-15)13(17)11-9-18-12-4-2-1-3-10(11)12/h1-4,11H,5-9H2. The second kappa shape index (κ2) is 6.30. The third-order valence-corrected chi connectivity index (χ3v) is 3.36. The molecule has 0 fully saturated rings. The molecule has 2 rings (SSSR count). The van der Waals surface area contributed by atoms with E-state index in [1.807, 2.05) is 24.3 Å². The van der Waals surface area contributed by atoms with Crippen LogP contribution in [0.1, 0.15) is 11.5 Å². The maximum Gasteiger partial charge on any atom is 0.233 e. The van der Waals surface area contributed by atoms with Gasteiger partial charge < -0.3 is 9.64 Å². The summed E-state index contributed by atoms with van der Waals surface area (Å²) in [5, 5.41) is 0. The highest BCUT2D eigenvalue weighted by atomic mass is 35.5. The predicted octanol–water partition coefficient (Wildman–Crippen LogP) is 2.47. The lowest BCUT2D eigenvalue weighted by atomic mass is 10.00. The molecule has 1 aliphatic heterocycles. The van der Waals surface area contributed by atoms with Gasteiger partial charge in [0.1, 0.15) is 18.3 Å². The van der Waals surface area contributed by atoms with Crippen molar-refractivity contribution < 1.29 is 9.53 Å². The van der Waals surface area contributed by atoms with Gasteiger partial charge in [-0.2, -0.15) is 0 Å². The number of benzene rings is 1. The zero-order valence-electron chi connectivity index (χ0n) is 9.94. The Morgan fingerprint density at radius 3 is 2.61 bits per heavy atom. The molecular weight excluding hydrogens is 273 g/mol. The number of hydrogen-bond acceptors (Lipinski definition) is 2. The van der Waals surface area contributed by atoms with E-state index >= 15 is 0 Å². The molecule has 98 valence electrons. The summed E-state index contributed by atoms with van der Waals surface area (Å²) in [6, 6.07) is 7.64. The fourth-order valence-corrected chi connectivity index (χ4v) is 2.53. The number of amides is 1. The minimum Gasteiger partial charge on any atom is -0.492 e. The van der Waals surface area contributed by atoms with Crippen molar-refractivity contribution in [3.05, 3.63) is 29.8 Å². The van der Waals surface area contributed by atoms with Gasteiger partial charge in [-0.15, -0.1) is 23.2 Å². The number of rotatable bonds is 5. The van der Waals surface area contributed by atoms with Crippen molar-refractivity contribution in [2.24, 2.45) is 0 Å². The minimum atomic E-state index is -0.229. The molecule has 1 amide bonds. The predicted molar refractivity (Wildman–Crippen MR) is 72.7 cm³/mol. The summed E-state index contributed by atoms with van der Waals surface area (Å²) in [6.45, 7) is 1.44. The van der Waals surface area contributed by atoms with Crippen LogP contribution in [0.2, 0.25) is 0 Å². The van der Waals surface area contributed by atoms with Gasteiger partial charge in [0.2, 0.25) is 5.91 Å². The Morgan fingerprint density at radius 2 is 1.94 bits per heavy atom. The van der Waals surface area contributed by atoms with E-state index in [-0.39, 0.29) is 11.8 Å². The zero-order valence-corrected chi connectivity index (χ0v) is 11.5. The molecule has 0 N–H and O–H groups in total. The minimum absolute atomic E-state index is 0.0428. The van der Waals surface area contributed by atoms with Crippen molar-refractivity contribution in [1.29, 1.82) is 0 Å². The molecule has 3 nitrogen and oxygen atoms in total. The van der Waals surface area contributed by atoms with E-state index in [1.54, 1.807) is 4.90 Å². The van der Waals surface area contributed by atoms with Crippen molar-refractivity contribution >= 4 is 29.1 Å². The highest BCUT2D eigenvalue weighted by Gasteiger charge is 2.32. The van der Waals surface area contributed by atoms with Gasteiger partial charge >= 0.3 is 0 Å². The van der Waals surface area contributed by atoms with Crippen LogP contribution in [0.15, 0.2) is 24.3 Å². The molecule has 0 spiro atoms. The van der Waals surface area contributed by atoms with Crippen LogP contribution in [0, 0.1) is 0 Å². The molecular formula is C13H15Cl2NO2. The van der Waals surface area contributed by atoms with E-state index in [2.05, 4.69) is 0 Å². The number of alkyl halides is 2. The van der Waals surface area contributed by atoms with Crippen LogP contribution in [0.3, 0.4) is 0 Å². The van der Waals surface area contributed by atoms with Gasteiger partial charge in [-0.1, -0.05) is 18.2 Å². The number of ether oxygens (including phenoxy) is 1. The lowest BCUT2D eigenvalue weighted by molar-refractivity contribution is -0.132. The number of carbonyl (C=O) groups is 1. The number of halogens is 2. The Hall–Kier alpha value is -0.930. The largest absolute Gasteiger partial charge is 0.492 e. The first-order chi connectivity index (χ1) is 8.77. The first-order valence-electron chi connectivity index (χ1n) is 5.90. The van der Waals surface area contributed by atoms with E-state index in [4.69, 9.17) is 27.9 Å². The third kappa shape index (κ3) is 2.73. The molecule has 5 heteroatoms. The van der Waals surface area contributed by atoms with Crippen LogP contribution in [-0.4, -0.2) is 42.3 Å². The summed E-state index contributed by atoms with van der Waals surface area (Å²) in [6.07, 6.45) is 0. The second-order valence-corrected chi connectivity index (χ2v) is 4.86. The molecule has 0 bridgehead atoms. The second-order valence-electron chi connectivity index (χ2n) is 4.10. The average molecular weight is 288 g/mol. The van der Waals surface area contributed by atoms with E-state index in [9.17, 15) is 4.79 Å². The summed E-state index contributed by atoms with van der Waals surface area (Å²) in [4.78, 5) is 14.1. The summed E-state index contributed by atoms with van der Waals surface area (Å²) in [5.41, 5.74) is 0.955. The molecule has 0 saturated heterocycles. The molecule has 1 atom stereocenters. The Labute approximate surface area is 117 Å². The van der Waals surface area contributed by atoms with Crippen LogP contribution >= 0.6 is 23.2 Å². The van der Waals surface area contributed by atoms with Gasteiger partial charge in [-0.3, -0.25) is 4.79 Å². The molecule has 0 radical (unpaired) electrons. The molecule has 1 aromatic carbocycles. The fraction of sp³-hybridized carbons (Fsp3) is 0.462. The van der Waals surface area contributed by atoms with Crippen LogP contribution in [0.4, 0.5) is 0 Å². The molecule has 0 saturated carbocycles.